The van der Waals surface area contributed by atoms with Gasteiger partial charge in [-0.2, -0.15) is 0 Å². The summed E-state index contributed by atoms with van der Waals surface area (Å²) >= 11 is -0.181. The van der Waals surface area contributed by atoms with Gasteiger partial charge in [0.2, 0.25) is 0 Å². The average molecular weight is 472 g/mol. The monoisotopic (exact) mass is 471 g/mol. The van der Waals surface area contributed by atoms with Crippen LogP contribution in [0.5, 0.6) is 0 Å². The molecule has 0 spiro atoms. The Hall–Kier alpha value is -0.812. The van der Waals surface area contributed by atoms with Crippen LogP contribution in [0.4, 0.5) is 0 Å². The first kappa shape index (κ1) is 18.2. The van der Waals surface area contributed by atoms with E-state index in [9.17, 15) is 0 Å². The smallest absolute Gasteiger partial charge is 1.00 e. The zero-order chi connectivity index (χ0) is 12.1. The molecule has 0 aliphatic carbocycles. The van der Waals surface area contributed by atoms with Crippen molar-refractivity contribution in [1.82, 2.24) is 0 Å². The Morgan fingerprint density at radius 3 is 1.42 bits per heavy atom. The molecular formula is C16H14Cl2Pt. The van der Waals surface area contributed by atoms with Gasteiger partial charge in [0.05, 0.1) is 0 Å². The number of benzene rings is 2. The topological polar surface area (TPSA) is 0 Å². The molecule has 0 aliphatic rings. The summed E-state index contributed by atoms with van der Waals surface area (Å²) in [6.07, 6.45) is 3.87. The summed E-state index contributed by atoms with van der Waals surface area (Å²) < 4.78 is 2.83. The number of rotatable bonds is 4. The molecule has 2 aromatic rings. The molecule has 2 aromatic carbocycles. The van der Waals surface area contributed by atoms with Gasteiger partial charge in [0.15, 0.2) is 0 Å². The van der Waals surface area contributed by atoms with Crippen molar-refractivity contribution in [2.75, 3.05) is 0 Å². The minimum atomic E-state index is -0.181. The van der Waals surface area contributed by atoms with Gasteiger partial charge in [-0.05, 0) is 0 Å². The molecule has 0 fully saturated rings. The predicted molar refractivity (Wildman–Crippen MR) is 72.3 cm³/mol. The summed E-state index contributed by atoms with van der Waals surface area (Å²) in [6, 6.07) is 17.0. The van der Waals surface area contributed by atoms with Crippen molar-refractivity contribution in [2.24, 2.45) is 0 Å². The quantitative estimate of drug-likeness (QED) is 0.446. The van der Waals surface area contributed by atoms with E-state index in [-0.39, 0.29) is 43.4 Å². The molecule has 0 nitrogen and oxygen atoms in total. The fourth-order valence-electron chi connectivity index (χ4n) is 1.48. The van der Waals surface area contributed by atoms with Crippen LogP contribution in [0.1, 0.15) is 11.1 Å². The summed E-state index contributed by atoms with van der Waals surface area (Å²) in [7, 11) is 0. The van der Waals surface area contributed by atoms with Crippen LogP contribution in [-0.4, -0.2) is 0 Å². The third-order valence-electron chi connectivity index (χ3n) is 2.36. The molecule has 0 radical (unpaired) electrons. The Labute approximate surface area is 136 Å². The normalized spacial score (nSPS) is 9.05. The van der Waals surface area contributed by atoms with E-state index in [2.05, 4.69) is 61.7 Å². The summed E-state index contributed by atoms with van der Waals surface area (Å²) in [6.45, 7) is 7.75. The minimum absolute atomic E-state index is 0. The van der Waals surface area contributed by atoms with Gasteiger partial charge in [-0.3, -0.25) is 0 Å². The molecule has 0 aliphatic heterocycles. The second-order valence-electron chi connectivity index (χ2n) is 3.46. The van der Waals surface area contributed by atoms with Crippen LogP contribution in [0.3, 0.4) is 0 Å². The molecule has 0 aromatic heterocycles. The Morgan fingerprint density at radius 2 is 1.05 bits per heavy atom. The van der Waals surface area contributed by atoms with Crippen LogP contribution < -0.4 is 32.7 Å². The fraction of sp³-hybridized carbons (Fsp3) is 0. The van der Waals surface area contributed by atoms with Crippen LogP contribution in [0, 0.1) is 0 Å². The Morgan fingerprint density at radius 1 is 0.684 bits per heavy atom. The molecule has 0 saturated heterocycles. The first-order chi connectivity index (χ1) is 8.35. The predicted octanol–water partition coefficient (Wildman–Crippen LogP) is -2.99. The zero-order valence-electron chi connectivity index (χ0n) is 10.3. The Kier molecular flexibility index (Phi) is 8.76. The third kappa shape index (κ3) is 4.65. The van der Waals surface area contributed by atoms with Crippen LogP contribution in [-0.2, 0) is 18.6 Å². The number of hydrogen-bond acceptors (Lipinski definition) is 0. The molecule has 0 N–H and O–H groups in total. The van der Waals surface area contributed by atoms with E-state index in [1.165, 1.54) is 19.0 Å². The summed E-state index contributed by atoms with van der Waals surface area (Å²) in [5.74, 6) is 0. The van der Waals surface area contributed by atoms with Crippen LogP contribution in [0.2, 0.25) is 0 Å². The molecule has 0 amide bonds. The van der Waals surface area contributed by atoms with E-state index >= 15 is 0 Å². The standard InChI is InChI=1S/2C8H7.2ClH.Pt/c2*1-2-8-6-4-3-5-7-8;;;/h2*2-6H,1H2;2*1H;/q;;;;+2/p-2. The second kappa shape index (κ2) is 9.15. The van der Waals surface area contributed by atoms with Crippen molar-refractivity contribution in [2.45, 2.75) is 0 Å². The molecule has 0 unspecified atom stereocenters. The van der Waals surface area contributed by atoms with Crippen molar-refractivity contribution in [3.63, 3.8) is 0 Å². The molecular weight excluding hydrogens is 458 g/mol. The van der Waals surface area contributed by atoms with E-state index in [0.29, 0.717) is 0 Å². The fourth-order valence-corrected chi connectivity index (χ4v) is 4.46. The Bertz CT molecular complexity index is 500. The van der Waals surface area contributed by atoms with Crippen molar-refractivity contribution in [3.05, 3.63) is 72.8 Å². The minimum Gasteiger partial charge on any atom is -1.00 e. The second-order valence-corrected chi connectivity index (χ2v) is 6.48. The van der Waals surface area contributed by atoms with E-state index in [1.807, 2.05) is 12.2 Å². The largest absolute Gasteiger partial charge is 1.00 e. The first-order valence-electron chi connectivity index (χ1n) is 5.36. The van der Waals surface area contributed by atoms with Gasteiger partial charge in [-0.25, -0.2) is 0 Å². The zero-order valence-corrected chi connectivity index (χ0v) is 14.0. The summed E-state index contributed by atoms with van der Waals surface area (Å²) in [5.41, 5.74) is 2.50. The SMILES string of the molecule is C=Cc1cccc[c]1[Pt+2][c]1ccccc1C=C.[Cl-].[Cl-]. The molecule has 0 heterocycles. The maximum atomic E-state index is 3.87. The van der Waals surface area contributed by atoms with Gasteiger partial charge in [-0.1, -0.05) is 0 Å². The van der Waals surface area contributed by atoms with Crippen LogP contribution in [0.15, 0.2) is 61.7 Å². The van der Waals surface area contributed by atoms with Crippen molar-refractivity contribution < 1.29 is 43.4 Å². The van der Waals surface area contributed by atoms with Crippen molar-refractivity contribution in [3.8, 4) is 0 Å². The van der Waals surface area contributed by atoms with E-state index < -0.39 is 0 Å². The molecule has 0 saturated carbocycles. The number of hydrogen-bond donors (Lipinski definition) is 0. The van der Waals surface area contributed by atoms with Crippen molar-refractivity contribution >= 4 is 20.1 Å². The Balaban J connectivity index is 0.00000162. The van der Waals surface area contributed by atoms with E-state index in [1.54, 1.807) is 0 Å². The number of halogens is 2. The molecule has 3 heteroatoms. The molecule has 19 heavy (non-hydrogen) atoms. The van der Waals surface area contributed by atoms with Gasteiger partial charge in [0, 0.05) is 0 Å². The first-order valence-corrected chi connectivity index (χ1v) is 7.64. The summed E-state index contributed by atoms with van der Waals surface area (Å²) in [5, 5.41) is 0. The van der Waals surface area contributed by atoms with Crippen molar-refractivity contribution in [1.29, 1.82) is 0 Å². The molecule has 0 bridgehead atoms. The molecule has 0 atom stereocenters. The molecule has 2 rings (SSSR count). The van der Waals surface area contributed by atoms with Crippen LogP contribution >= 0.6 is 0 Å². The van der Waals surface area contributed by atoms with Gasteiger partial charge >= 0.3 is 111 Å². The third-order valence-corrected chi connectivity index (χ3v) is 5.66. The maximum Gasteiger partial charge on any atom is -1.00 e. The molecule has 102 valence electrons. The summed E-state index contributed by atoms with van der Waals surface area (Å²) in [4.78, 5) is 0. The maximum absolute atomic E-state index is 3.87. The van der Waals surface area contributed by atoms with Gasteiger partial charge in [-0.15, -0.1) is 0 Å². The van der Waals surface area contributed by atoms with Crippen LogP contribution in [0.25, 0.3) is 12.2 Å². The van der Waals surface area contributed by atoms with Gasteiger partial charge in [0.1, 0.15) is 0 Å². The van der Waals surface area contributed by atoms with E-state index in [4.69, 9.17) is 0 Å². The average Bonchev–Trinajstić information content (AvgIpc) is 2.40. The van der Waals surface area contributed by atoms with Gasteiger partial charge in [0.25, 0.3) is 0 Å². The van der Waals surface area contributed by atoms with Gasteiger partial charge < -0.3 is 24.8 Å². The van der Waals surface area contributed by atoms with E-state index in [0.717, 1.165) is 0 Å².